The van der Waals surface area contributed by atoms with Crippen molar-refractivity contribution in [2.24, 2.45) is 5.41 Å². The van der Waals surface area contributed by atoms with Gasteiger partial charge in [-0.3, -0.25) is 4.79 Å². The molecule has 0 aromatic carbocycles. The molecule has 2 aromatic rings. The second-order valence-corrected chi connectivity index (χ2v) is 6.61. The van der Waals surface area contributed by atoms with Gasteiger partial charge in [0.25, 0.3) is 0 Å². The first kappa shape index (κ1) is 14.5. The molecule has 0 aliphatic rings. The van der Waals surface area contributed by atoms with Crippen LogP contribution in [0, 0.1) is 5.41 Å². The van der Waals surface area contributed by atoms with Gasteiger partial charge in [-0.2, -0.15) is 5.10 Å². The van der Waals surface area contributed by atoms with Crippen LogP contribution >= 0.6 is 0 Å². The molecule has 0 fully saturated rings. The van der Waals surface area contributed by atoms with Crippen LogP contribution in [0.5, 0.6) is 0 Å². The van der Waals surface area contributed by atoms with Crippen molar-refractivity contribution in [2.75, 3.05) is 5.32 Å². The molecule has 1 amide bonds. The first-order valence-electron chi connectivity index (χ1n) is 6.89. The molecular formula is C15H22N4O. The number of carbonyl (C=O) groups excluding carboxylic acids is 1. The Morgan fingerprint density at radius 3 is 2.65 bits per heavy atom. The van der Waals surface area contributed by atoms with Gasteiger partial charge in [0.15, 0.2) is 5.65 Å². The number of hydrogen-bond acceptors (Lipinski definition) is 3. The van der Waals surface area contributed by atoms with Crippen LogP contribution in [0.4, 0.5) is 5.69 Å². The van der Waals surface area contributed by atoms with E-state index in [9.17, 15) is 4.79 Å². The van der Waals surface area contributed by atoms with Crippen molar-refractivity contribution in [3.05, 3.63) is 18.5 Å². The van der Waals surface area contributed by atoms with Gasteiger partial charge in [0.2, 0.25) is 5.91 Å². The van der Waals surface area contributed by atoms with Gasteiger partial charge in [-0.15, -0.1) is 0 Å². The standard InChI is InChI=1S/C15H22N4O/c1-10(2)19-14-11(8-17-19)6-12(9-16-14)18-13(20)7-15(3,4)5/h6,8-10H,7H2,1-5H3,(H,18,20). The summed E-state index contributed by atoms with van der Waals surface area (Å²) in [5, 5.41) is 8.14. The third kappa shape index (κ3) is 3.35. The normalized spacial score (nSPS) is 12.1. The first-order valence-corrected chi connectivity index (χ1v) is 6.89. The summed E-state index contributed by atoms with van der Waals surface area (Å²) < 4.78 is 1.87. The molecule has 1 N–H and O–H groups in total. The topological polar surface area (TPSA) is 59.8 Å². The van der Waals surface area contributed by atoms with Crippen LogP contribution in [0.15, 0.2) is 18.5 Å². The van der Waals surface area contributed by atoms with Crippen LogP contribution in [0.2, 0.25) is 0 Å². The number of aromatic nitrogens is 3. The summed E-state index contributed by atoms with van der Waals surface area (Å²) in [6, 6.07) is 2.18. The lowest BCUT2D eigenvalue weighted by Crippen LogP contribution is -2.19. The van der Waals surface area contributed by atoms with Gasteiger partial charge in [0.05, 0.1) is 18.1 Å². The Morgan fingerprint density at radius 1 is 1.35 bits per heavy atom. The molecule has 108 valence electrons. The molecule has 0 unspecified atom stereocenters. The van der Waals surface area contributed by atoms with Gasteiger partial charge >= 0.3 is 0 Å². The fourth-order valence-electron chi connectivity index (χ4n) is 2.07. The number of hydrogen-bond donors (Lipinski definition) is 1. The van der Waals surface area contributed by atoms with E-state index in [1.807, 2.05) is 31.5 Å². The molecule has 0 saturated carbocycles. The Kier molecular flexibility index (Phi) is 3.79. The van der Waals surface area contributed by atoms with E-state index in [4.69, 9.17) is 0 Å². The minimum atomic E-state index is -0.0237. The van der Waals surface area contributed by atoms with Crippen LogP contribution in [0.3, 0.4) is 0 Å². The fourth-order valence-corrected chi connectivity index (χ4v) is 2.07. The van der Waals surface area contributed by atoms with E-state index in [1.54, 1.807) is 12.4 Å². The molecule has 2 rings (SSSR count). The number of amides is 1. The lowest BCUT2D eigenvalue weighted by molar-refractivity contribution is -0.117. The van der Waals surface area contributed by atoms with Crippen molar-refractivity contribution in [1.29, 1.82) is 0 Å². The summed E-state index contributed by atoms with van der Waals surface area (Å²) >= 11 is 0. The maximum Gasteiger partial charge on any atom is 0.224 e. The van der Waals surface area contributed by atoms with Crippen molar-refractivity contribution in [2.45, 2.75) is 47.1 Å². The van der Waals surface area contributed by atoms with Crippen molar-refractivity contribution in [3.8, 4) is 0 Å². The largest absolute Gasteiger partial charge is 0.325 e. The van der Waals surface area contributed by atoms with Crippen LogP contribution in [0.1, 0.15) is 47.1 Å². The van der Waals surface area contributed by atoms with Gasteiger partial charge in [0.1, 0.15) is 0 Å². The Bertz CT molecular complexity index is 622. The van der Waals surface area contributed by atoms with E-state index < -0.39 is 0 Å². The van der Waals surface area contributed by atoms with Crippen molar-refractivity contribution in [1.82, 2.24) is 14.8 Å². The molecule has 0 aliphatic carbocycles. The average molecular weight is 274 g/mol. The number of nitrogens with one attached hydrogen (secondary N) is 1. The Labute approximate surface area is 119 Å². The van der Waals surface area contributed by atoms with E-state index in [-0.39, 0.29) is 17.4 Å². The van der Waals surface area contributed by atoms with Gasteiger partial charge < -0.3 is 5.32 Å². The summed E-state index contributed by atoms with van der Waals surface area (Å²) in [6.45, 7) is 10.3. The smallest absolute Gasteiger partial charge is 0.224 e. The number of anilines is 1. The highest BCUT2D eigenvalue weighted by Crippen LogP contribution is 2.22. The molecule has 0 aliphatic heterocycles. The van der Waals surface area contributed by atoms with Crippen LogP contribution in [-0.2, 0) is 4.79 Å². The third-order valence-corrected chi connectivity index (χ3v) is 2.90. The predicted molar refractivity (Wildman–Crippen MR) is 80.6 cm³/mol. The monoisotopic (exact) mass is 274 g/mol. The second kappa shape index (κ2) is 5.23. The van der Waals surface area contributed by atoms with Gasteiger partial charge in [-0.25, -0.2) is 9.67 Å². The lowest BCUT2D eigenvalue weighted by Gasteiger charge is -2.17. The molecular weight excluding hydrogens is 252 g/mol. The first-order chi connectivity index (χ1) is 9.26. The second-order valence-electron chi connectivity index (χ2n) is 6.61. The van der Waals surface area contributed by atoms with Crippen LogP contribution in [0.25, 0.3) is 11.0 Å². The van der Waals surface area contributed by atoms with E-state index in [0.717, 1.165) is 16.7 Å². The summed E-state index contributed by atoms with van der Waals surface area (Å²) in [5.74, 6) is 0.00917. The summed E-state index contributed by atoms with van der Waals surface area (Å²) in [4.78, 5) is 16.3. The molecule has 2 heterocycles. The molecule has 20 heavy (non-hydrogen) atoms. The summed E-state index contributed by atoms with van der Waals surface area (Å²) in [7, 11) is 0. The maximum atomic E-state index is 11.9. The molecule has 0 saturated heterocycles. The highest BCUT2D eigenvalue weighted by molar-refractivity contribution is 5.92. The highest BCUT2D eigenvalue weighted by Gasteiger charge is 2.16. The molecule has 5 nitrogen and oxygen atoms in total. The van der Waals surface area contributed by atoms with Crippen molar-refractivity contribution in [3.63, 3.8) is 0 Å². The van der Waals surface area contributed by atoms with Crippen molar-refractivity contribution >= 4 is 22.6 Å². The minimum Gasteiger partial charge on any atom is -0.325 e. The van der Waals surface area contributed by atoms with E-state index in [0.29, 0.717) is 6.42 Å². The van der Waals surface area contributed by atoms with Crippen molar-refractivity contribution < 1.29 is 4.79 Å². The highest BCUT2D eigenvalue weighted by atomic mass is 16.1. The molecule has 2 aromatic heterocycles. The number of rotatable bonds is 3. The van der Waals surface area contributed by atoms with Crippen LogP contribution < -0.4 is 5.32 Å². The molecule has 0 spiro atoms. The maximum absolute atomic E-state index is 11.9. The number of nitrogens with zero attached hydrogens (tertiary/aromatic N) is 3. The molecule has 0 radical (unpaired) electrons. The Hall–Kier alpha value is -1.91. The quantitative estimate of drug-likeness (QED) is 0.933. The number of fused-ring (bicyclic) bond motifs is 1. The summed E-state index contributed by atoms with van der Waals surface area (Å²) in [5.41, 5.74) is 1.54. The summed E-state index contributed by atoms with van der Waals surface area (Å²) in [6.07, 6.45) is 3.95. The Morgan fingerprint density at radius 2 is 2.05 bits per heavy atom. The molecule has 5 heteroatoms. The van der Waals surface area contributed by atoms with Gasteiger partial charge in [-0.1, -0.05) is 20.8 Å². The predicted octanol–water partition coefficient (Wildman–Crippen LogP) is 3.39. The lowest BCUT2D eigenvalue weighted by atomic mass is 9.92. The van der Waals surface area contributed by atoms with Gasteiger partial charge in [0, 0.05) is 17.8 Å². The molecule has 0 bridgehead atoms. The number of pyridine rings is 1. The average Bonchev–Trinajstić information content (AvgIpc) is 2.68. The van der Waals surface area contributed by atoms with E-state index in [1.165, 1.54) is 0 Å². The number of carbonyl (C=O) groups is 1. The zero-order valence-corrected chi connectivity index (χ0v) is 12.8. The van der Waals surface area contributed by atoms with Gasteiger partial charge in [-0.05, 0) is 25.3 Å². The zero-order valence-electron chi connectivity index (χ0n) is 12.8. The zero-order chi connectivity index (χ0) is 14.9. The Balaban J connectivity index is 2.19. The third-order valence-electron chi connectivity index (χ3n) is 2.90. The minimum absolute atomic E-state index is 0.00917. The fraction of sp³-hybridized carbons (Fsp3) is 0.533. The van der Waals surface area contributed by atoms with Crippen LogP contribution in [-0.4, -0.2) is 20.7 Å². The van der Waals surface area contributed by atoms with E-state index >= 15 is 0 Å². The molecule has 0 atom stereocenters. The SMILES string of the molecule is CC(C)n1ncc2cc(NC(=O)CC(C)(C)C)cnc21. The van der Waals surface area contributed by atoms with E-state index in [2.05, 4.69) is 29.2 Å².